The molecule has 2 heterocycles. The van der Waals surface area contributed by atoms with Gasteiger partial charge in [0, 0.05) is 30.1 Å². The van der Waals surface area contributed by atoms with E-state index in [9.17, 15) is 9.59 Å². The van der Waals surface area contributed by atoms with Crippen LogP contribution in [0.1, 0.15) is 56.6 Å². The number of carbonyl (C=O) groups is 2. The standard InChI is InChI=1S/C26H30N6O3/c1-26(2)11-9-16(10-12-26)19-13-17(18-14-28-24(29-15-18)32-25(34)35-4)5-6-20(19)31-23(33)21-7-8-22(27-3)30-21/h5-6,8-9,13,18H,7,10-12,14-15H2,1-2,4H3,(H,31,33)(H2,28,29,32,34). The Morgan fingerprint density at radius 3 is 2.71 bits per heavy atom. The normalized spacial score (nSPS) is 20.8. The Labute approximate surface area is 205 Å². The van der Waals surface area contributed by atoms with Crippen LogP contribution in [0.15, 0.2) is 46.2 Å². The van der Waals surface area contributed by atoms with Crippen LogP contribution in [0.3, 0.4) is 0 Å². The Balaban J connectivity index is 1.58. The van der Waals surface area contributed by atoms with Crippen molar-refractivity contribution in [3.63, 3.8) is 0 Å². The molecule has 1 unspecified atom stereocenters. The van der Waals surface area contributed by atoms with Crippen LogP contribution in [-0.4, -0.2) is 43.9 Å². The molecule has 0 spiro atoms. The van der Waals surface area contributed by atoms with Gasteiger partial charge in [-0.25, -0.2) is 4.79 Å². The van der Waals surface area contributed by atoms with Crippen molar-refractivity contribution in [1.29, 1.82) is 0 Å². The molecule has 0 saturated heterocycles. The SMILES string of the molecule is [C-]#[N+]C1=CCC(C(=O)Nc2ccc(C3CN=C(NC(=O)OC)NC3)cc2C2=CCC(C)(C)CC2)=N1. The molecule has 182 valence electrons. The van der Waals surface area contributed by atoms with Gasteiger partial charge < -0.3 is 20.2 Å². The minimum Gasteiger partial charge on any atom is -0.453 e. The molecule has 9 heteroatoms. The van der Waals surface area contributed by atoms with Gasteiger partial charge in [-0.15, -0.1) is 4.99 Å². The lowest BCUT2D eigenvalue weighted by atomic mass is 9.76. The smallest absolute Gasteiger partial charge is 0.413 e. The van der Waals surface area contributed by atoms with E-state index in [0.29, 0.717) is 31.2 Å². The molecule has 0 bridgehead atoms. The average molecular weight is 475 g/mol. The van der Waals surface area contributed by atoms with Crippen LogP contribution in [0.5, 0.6) is 0 Å². The summed E-state index contributed by atoms with van der Waals surface area (Å²) in [5, 5.41) is 8.74. The fourth-order valence-electron chi connectivity index (χ4n) is 4.33. The summed E-state index contributed by atoms with van der Waals surface area (Å²) in [4.78, 5) is 36.2. The molecule has 1 atom stereocenters. The van der Waals surface area contributed by atoms with Gasteiger partial charge in [-0.2, -0.15) is 0 Å². The second-order valence-electron chi connectivity index (χ2n) is 9.68. The van der Waals surface area contributed by atoms with Gasteiger partial charge in [0.05, 0.1) is 13.7 Å². The Hall–Kier alpha value is -3.93. The highest BCUT2D eigenvalue weighted by Crippen LogP contribution is 2.40. The number of nitrogens with one attached hydrogen (secondary N) is 3. The second-order valence-corrected chi connectivity index (χ2v) is 9.68. The van der Waals surface area contributed by atoms with Crippen molar-refractivity contribution < 1.29 is 14.3 Å². The molecule has 1 aromatic rings. The Morgan fingerprint density at radius 2 is 2.09 bits per heavy atom. The maximum Gasteiger partial charge on any atom is 0.413 e. The molecule has 0 radical (unpaired) electrons. The second kappa shape index (κ2) is 10.1. The summed E-state index contributed by atoms with van der Waals surface area (Å²) >= 11 is 0. The number of anilines is 1. The van der Waals surface area contributed by atoms with Crippen molar-refractivity contribution in [2.24, 2.45) is 15.4 Å². The minimum atomic E-state index is -0.560. The van der Waals surface area contributed by atoms with Crippen molar-refractivity contribution in [3.8, 4) is 0 Å². The van der Waals surface area contributed by atoms with E-state index in [0.717, 1.165) is 36.1 Å². The number of benzene rings is 1. The molecule has 2 aliphatic heterocycles. The number of carbonyl (C=O) groups excluding carboxylic acids is 2. The van der Waals surface area contributed by atoms with Crippen LogP contribution in [-0.2, 0) is 9.53 Å². The lowest BCUT2D eigenvalue weighted by molar-refractivity contribution is -0.110. The zero-order chi connectivity index (χ0) is 25.0. The molecule has 3 aliphatic rings. The summed E-state index contributed by atoms with van der Waals surface area (Å²) in [7, 11) is 1.31. The Morgan fingerprint density at radius 1 is 1.26 bits per heavy atom. The van der Waals surface area contributed by atoms with Gasteiger partial charge in [0.1, 0.15) is 0 Å². The monoisotopic (exact) mass is 474 g/mol. The van der Waals surface area contributed by atoms with Crippen LogP contribution in [0, 0.1) is 12.0 Å². The van der Waals surface area contributed by atoms with Gasteiger partial charge >= 0.3 is 6.09 Å². The first-order chi connectivity index (χ1) is 16.8. The third kappa shape index (κ3) is 5.77. The zero-order valence-electron chi connectivity index (χ0n) is 20.3. The van der Waals surface area contributed by atoms with Gasteiger partial charge in [0.2, 0.25) is 5.96 Å². The molecular weight excluding hydrogens is 444 g/mol. The summed E-state index contributed by atoms with van der Waals surface area (Å²) in [5.74, 6) is 0.494. The fourth-order valence-corrected chi connectivity index (χ4v) is 4.33. The van der Waals surface area contributed by atoms with Crippen LogP contribution >= 0.6 is 0 Å². The molecule has 2 amide bonds. The molecule has 3 N–H and O–H groups in total. The molecule has 0 fully saturated rings. The number of guanidine groups is 1. The summed E-state index contributed by atoms with van der Waals surface area (Å²) in [6.07, 6.45) is 6.72. The van der Waals surface area contributed by atoms with E-state index in [1.54, 1.807) is 6.08 Å². The molecular formula is C26H30N6O3. The largest absolute Gasteiger partial charge is 0.453 e. The van der Waals surface area contributed by atoms with Crippen LogP contribution < -0.4 is 16.0 Å². The van der Waals surface area contributed by atoms with E-state index < -0.39 is 6.09 Å². The van der Waals surface area contributed by atoms with E-state index >= 15 is 0 Å². The lowest BCUT2D eigenvalue weighted by Gasteiger charge is -2.30. The van der Waals surface area contributed by atoms with Gasteiger partial charge in [0.25, 0.3) is 11.7 Å². The number of hydrogen-bond donors (Lipinski definition) is 3. The number of amides is 2. The predicted molar refractivity (Wildman–Crippen MR) is 136 cm³/mol. The zero-order valence-corrected chi connectivity index (χ0v) is 20.3. The summed E-state index contributed by atoms with van der Waals surface area (Å²) in [6, 6.07) is 6.08. The first kappa shape index (κ1) is 24.2. The van der Waals surface area contributed by atoms with E-state index in [4.69, 9.17) is 6.57 Å². The lowest BCUT2D eigenvalue weighted by Crippen LogP contribution is -2.45. The van der Waals surface area contributed by atoms with Gasteiger partial charge in [-0.3, -0.25) is 15.1 Å². The predicted octanol–water partition coefficient (Wildman–Crippen LogP) is 4.22. The van der Waals surface area contributed by atoms with Gasteiger partial charge in [-0.1, -0.05) is 38.6 Å². The maximum absolute atomic E-state index is 12.9. The molecule has 35 heavy (non-hydrogen) atoms. The van der Waals surface area contributed by atoms with E-state index in [2.05, 4.69) is 61.5 Å². The van der Waals surface area contributed by atoms with Crippen molar-refractivity contribution >= 4 is 34.9 Å². The van der Waals surface area contributed by atoms with Crippen LogP contribution in [0.25, 0.3) is 10.4 Å². The number of ether oxygens (including phenoxy) is 1. The van der Waals surface area contributed by atoms with Crippen molar-refractivity contribution in [1.82, 2.24) is 10.6 Å². The first-order valence-corrected chi connectivity index (χ1v) is 11.7. The Kier molecular flexibility index (Phi) is 7.01. The number of hydrogen-bond acceptors (Lipinski definition) is 6. The number of nitrogens with zero attached hydrogens (tertiary/aromatic N) is 3. The summed E-state index contributed by atoms with van der Waals surface area (Å²) in [5.41, 5.74) is 4.68. The van der Waals surface area contributed by atoms with Crippen LogP contribution in [0.4, 0.5) is 10.5 Å². The highest BCUT2D eigenvalue weighted by atomic mass is 16.5. The third-order valence-electron chi connectivity index (χ3n) is 6.58. The van der Waals surface area contributed by atoms with Crippen molar-refractivity contribution in [3.05, 3.63) is 58.7 Å². The molecule has 9 nitrogen and oxygen atoms in total. The number of alkyl carbamates (subject to hydrolysis) is 1. The van der Waals surface area contributed by atoms with Gasteiger partial charge in [0.15, 0.2) is 5.71 Å². The van der Waals surface area contributed by atoms with Gasteiger partial charge in [-0.05, 0) is 47.9 Å². The fraction of sp³-hybridized carbons (Fsp3) is 0.423. The summed E-state index contributed by atoms with van der Waals surface area (Å²) in [6.45, 7) is 12.8. The number of methoxy groups -OCH3 is 1. The summed E-state index contributed by atoms with van der Waals surface area (Å²) < 4.78 is 4.62. The average Bonchev–Trinajstić information content (AvgIpc) is 3.34. The highest BCUT2D eigenvalue weighted by molar-refractivity contribution is 6.44. The van der Waals surface area contributed by atoms with E-state index in [1.165, 1.54) is 12.7 Å². The minimum absolute atomic E-state index is 0.118. The number of allylic oxidation sites excluding steroid dienone is 3. The topological polar surface area (TPSA) is 109 Å². The highest BCUT2D eigenvalue weighted by Gasteiger charge is 2.26. The third-order valence-corrected chi connectivity index (χ3v) is 6.58. The van der Waals surface area contributed by atoms with Crippen LogP contribution in [0.2, 0.25) is 0 Å². The molecule has 1 aromatic carbocycles. The van der Waals surface area contributed by atoms with Crippen molar-refractivity contribution in [2.45, 2.75) is 45.4 Å². The molecule has 0 saturated carbocycles. The molecule has 0 aromatic heterocycles. The molecule has 1 aliphatic carbocycles. The van der Waals surface area contributed by atoms with E-state index in [1.807, 2.05) is 12.1 Å². The quantitative estimate of drug-likeness (QED) is 0.568. The van der Waals surface area contributed by atoms with Crippen molar-refractivity contribution in [2.75, 3.05) is 25.5 Å². The maximum atomic E-state index is 12.9. The first-order valence-electron chi connectivity index (χ1n) is 11.7. The Bertz CT molecular complexity index is 1200. The number of rotatable bonds is 4. The number of aliphatic imine (C=N–C) groups is 2. The molecule has 4 rings (SSSR count). The van der Waals surface area contributed by atoms with E-state index in [-0.39, 0.29) is 23.1 Å².